The molecular weight excluding hydrogens is 229 g/mol. The predicted molar refractivity (Wildman–Crippen MR) is 64.6 cm³/mol. The molecule has 0 saturated carbocycles. The number of ether oxygens (including phenoxy) is 1. The quantitative estimate of drug-likeness (QED) is 0.813. The molecule has 0 amide bonds. The Hall–Kier alpha value is -1.74. The van der Waals surface area contributed by atoms with Crippen LogP contribution >= 0.6 is 12.4 Å². The van der Waals surface area contributed by atoms with E-state index in [4.69, 9.17) is 10.5 Å². The molecule has 2 N–H and O–H groups in total. The first-order valence-corrected chi connectivity index (χ1v) is 4.54. The number of anilines is 1. The second-order valence-corrected chi connectivity index (χ2v) is 3.07. The Morgan fingerprint density at radius 2 is 1.44 bits per heavy atom. The minimum absolute atomic E-state index is 0. The molecule has 84 valence electrons. The van der Waals surface area contributed by atoms with Gasteiger partial charge in [0.05, 0.1) is 5.69 Å². The topological polar surface area (TPSA) is 35.2 Å². The van der Waals surface area contributed by atoms with Gasteiger partial charge in [0.15, 0.2) is 11.6 Å². The Balaban J connectivity index is 0.00000128. The fourth-order valence-corrected chi connectivity index (χ4v) is 1.22. The first kappa shape index (κ1) is 12.3. The third kappa shape index (κ3) is 2.64. The highest BCUT2D eigenvalue weighted by Crippen LogP contribution is 2.28. The Labute approximate surface area is 99.3 Å². The first-order valence-electron chi connectivity index (χ1n) is 4.54. The lowest BCUT2D eigenvalue weighted by atomic mass is 10.3. The van der Waals surface area contributed by atoms with Crippen molar-refractivity contribution in [3.8, 4) is 11.5 Å². The lowest BCUT2D eigenvalue weighted by Gasteiger charge is -2.08. The summed E-state index contributed by atoms with van der Waals surface area (Å²) in [5.41, 5.74) is 6.16. The fourth-order valence-electron chi connectivity index (χ4n) is 1.22. The zero-order chi connectivity index (χ0) is 10.7. The molecule has 2 nitrogen and oxygen atoms in total. The molecule has 0 atom stereocenters. The van der Waals surface area contributed by atoms with E-state index in [0.717, 1.165) is 0 Å². The Morgan fingerprint density at radius 1 is 0.875 bits per heavy atom. The van der Waals surface area contributed by atoms with Crippen LogP contribution in [0.5, 0.6) is 11.5 Å². The van der Waals surface area contributed by atoms with Gasteiger partial charge in [0.2, 0.25) is 0 Å². The molecule has 2 aromatic rings. The predicted octanol–water partition coefficient (Wildman–Crippen LogP) is 3.62. The number of hydrogen-bond acceptors (Lipinski definition) is 2. The second kappa shape index (κ2) is 5.37. The number of hydrogen-bond donors (Lipinski definition) is 1. The van der Waals surface area contributed by atoms with E-state index >= 15 is 0 Å². The molecule has 0 aliphatic heterocycles. The average molecular weight is 240 g/mol. The molecule has 16 heavy (non-hydrogen) atoms. The van der Waals surface area contributed by atoms with Crippen LogP contribution in [0.3, 0.4) is 0 Å². The molecule has 0 fully saturated rings. The van der Waals surface area contributed by atoms with Gasteiger partial charge in [-0.1, -0.05) is 24.3 Å². The summed E-state index contributed by atoms with van der Waals surface area (Å²) in [4.78, 5) is 0. The first-order chi connectivity index (χ1) is 7.27. The van der Waals surface area contributed by atoms with Gasteiger partial charge in [-0.05, 0) is 24.3 Å². The van der Waals surface area contributed by atoms with E-state index in [0.29, 0.717) is 11.4 Å². The highest BCUT2D eigenvalue weighted by atomic mass is 35.5. The van der Waals surface area contributed by atoms with Gasteiger partial charge in [-0.15, -0.1) is 12.4 Å². The van der Waals surface area contributed by atoms with E-state index in [9.17, 15) is 4.39 Å². The van der Waals surface area contributed by atoms with Gasteiger partial charge in [-0.2, -0.15) is 0 Å². The summed E-state index contributed by atoms with van der Waals surface area (Å²) in [6.45, 7) is 0. The van der Waals surface area contributed by atoms with E-state index in [-0.39, 0.29) is 18.2 Å². The summed E-state index contributed by atoms with van der Waals surface area (Å²) in [5.74, 6) is 0.235. The van der Waals surface area contributed by atoms with Crippen molar-refractivity contribution in [2.24, 2.45) is 0 Å². The highest BCUT2D eigenvalue weighted by molar-refractivity contribution is 5.85. The van der Waals surface area contributed by atoms with E-state index < -0.39 is 5.82 Å². The van der Waals surface area contributed by atoms with Crippen LogP contribution in [-0.2, 0) is 0 Å². The van der Waals surface area contributed by atoms with Crippen LogP contribution in [0.25, 0.3) is 0 Å². The van der Waals surface area contributed by atoms with Crippen LogP contribution < -0.4 is 10.5 Å². The summed E-state index contributed by atoms with van der Waals surface area (Å²) in [6.07, 6.45) is 0. The summed E-state index contributed by atoms with van der Waals surface area (Å²) >= 11 is 0. The monoisotopic (exact) mass is 239 g/mol. The van der Waals surface area contributed by atoms with Gasteiger partial charge in [0, 0.05) is 0 Å². The Kier molecular flexibility index (Phi) is 4.14. The van der Waals surface area contributed by atoms with Crippen molar-refractivity contribution in [2.75, 3.05) is 5.73 Å². The van der Waals surface area contributed by atoms with E-state index in [1.807, 2.05) is 0 Å². The van der Waals surface area contributed by atoms with Crippen LogP contribution in [0.4, 0.5) is 10.1 Å². The van der Waals surface area contributed by atoms with Gasteiger partial charge in [0.25, 0.3) is 0 Å². The summed E-state index contributed by atoms with van der Waals surface area (Å²) < 4.78 is 18.6. The van der Waals surface area contributed by atoms with E-state index in [1.54, 1.807) is 42.5 Å². The molecule has 0 bridgehead atoms. The van der Waals surface area contributed by atoms with Crippen LogP contribution in [0, 0.1) is 5.82 Å². The molecule has 0 aliphatic carbocycles. The Bertz CT molecular complexity index is 433. The minimum Gasteiger partial charge on any atom is -0.452 e. The molecule has 0 aromatic heterocycles. The van der Waals surface area contributed by atoms with Crippen molar-refractivity contribution < 1.29 is 9.13 Å². The lowest BCUT2D eigenvalue weighted by Crippen LogP contribution is -1.92. The van der Waals surface area contributed by atoms with Crippen molar-refractivity contribution in [2.45, 2.75) is 0 Å². The molecule has 0 radical (unpaired) electrons. The van der Waals surface area contributed by atoms with Gasteiger partial charge < -0.3 is 10.5 Å². The molecule has 4 heteroatoms. The van der Waals surface area contributed by atoms with Gasteiger partial charge in [-0.25, -0.2) is 4.39 Å². The Morgan fingerprint density at radius 3 is 2.06 bits per heavy atom. The zero-order valence-electron chi connectivity index (χ0n) is 8.39. The number of nitrogen functional groups attached to an aromatic ring is 1. The third-order valence-corrected chi connectivity index (χ3v) is 1.98. The summed E-state index contributed by atoms with van der Waals surface area (Å²) in [7, 11) is 0. The number of benzene rings is 2. The SMILES string of the molecule is Cl.Nc1ccccc1Oc1ccccc1F. The molecule has 0 saturated heterocycles. The average Bonchev–Trinajstić information content (AvgIpc) is 2.24. The van der Waals surface area contributed by atoms with Crippen molar-refractivity contribution in [1.82, 2.24) is 0 Å². The molecule has 0 spiro atoms. The van der Waals surface area contributed by atoms with Gasteiger partial charge in [0.1, 0.15) is 5.75 Å². The largest absolute Gasteiger partial charge is 0.452 e. The fraction of sp³-hybridized carbons (Fsp3) is 0. The smallest absolute Gasteiger partial charge is 0.165 e. The van der Waals surface area contributed by atoms with Crippen molar-refractivity contribution >= 4 is 18.1 Å². The second-order valence-electron chi connectivity index (χ2n) is 3.07. The van der Waals surface area contributed by atoms with Gasteiger partial charge in [-0.3, -0.25) is 0 Å². The third-order valence-electron chi connectivity index (χ3n) is 1.98. The highest BCUT2D eigenvalue weighted by Gasteiger charge is 2.04. The van der Waals surface area contributed by atoms with Crippen LogP contribution in [0.15, 0.2) is 48.5 Å². The summed E-state index contributed by atoms with van der Waals surface area (Å²) in [6, 6.07) is 13.2. The molecule has 0 unspecified atom stereocenters. The maximum Gasteiger partial charge on any atom is 0.165 e. The van der Waals surface area contributed by atoms with E-state index in [1.165, 1.54) is 6.07 Å². The number of halogens is 2. The molecule has 2 aromatic carbocycles. The molecule has 0 heterocycles. The molecule has 0 aliphatic rings. The van der Waals surface area contributed by atoms with Crippen molar-refractivity contribution in [3.63, 3.8) is 0 Å². The van der Waals surface area contributed by atoms with Crippen molar-refractivity contribution in [3.05, 3.63) is 54.3 Å². The molecule has 2 rings (SSSR count). The van der Waals surface area contributed by atoms with Gasteiger partial charge >= 0.3 is 0 Å². The number of para-hydroxylation sites is 3. The van der Waals surface area contributed by atoms with Crippen LogP contribution in [0.1, 0.15) is 0 Å². The molecular formula is C12H11ClFNO. The number of rotatable bonds is 2. The minimum atomic E-state index is -0.402. The van der Waals surface area contributed by atoms with E-state index in [2.05, 4.69) is 0 Å². The maximum absolute atomic E-state index is 13.2. The van der Waals surface area contributed by atoms with Crippen molar-refractivity contribution in [1.29, 1.82) is 0 Å². The number of nitrogens with two attached hydrogens (primary N) is 1. The van der Waals surface area contributed by atoms with Crippen LogP contribution in [0.2, 0.25) is 0 Å². The van der Waals surface area contributed by atoms with Crippen LogP contribution in [-0.4, -0.2) is 0 Å². The summed E-state index contributed by atoms with van der Waals surface area (Å²) in [5, 5.41) is 0. The normalized spacial score (nSPS) is 9.31. The maximum atomic E-state index is 13.2. The lowest BCUT2D eigenvalue weighted by molar-refractivity contribution is 0.444. The zero-order valence-corrected chi connectivity index (χ0v) is 9.21. The standard InChI is InChI=1S/C12H10FNO.ClH/c13-9-5-1-3-7-11(9)15-12-8-4-2-6-10(12)14;/h1-8H,14H2;1H.